The average Bonchev–Trinajstić information content (AvgIpc) is 3.01. The van der Waals surface area contributed by atoms with Crippen molar-refractivity contribution in [2.45, 2.75) is 24.8 Å². The van der Waals surface area contributed by atoms with Crippen LogP contribution in [0.4, 0.5) is 0 Å². The van der Waals surface area contributed by atoms with Crippen LogP contribution in [-0.2, 0) is 21.3 Å². The number of hydrogen-bond acceptors (Lipinski definition) is 6. The molecule has 0 aromatic heterocycles. The molecule has 0 saturated carbocycles. The predicted octanol–water partition coefficient (Wildman–Crippen LogP) is 2.79. The topological polar surface area (TPSA) is 82.9 Å². The van der Waals surface area contributed by atoms with E-state index in [9.17, 15) is 8.42 Å². The van der Waals surface area contributed by atoms with E-state index in [1.165, 1.54) is 0 Å². The molecule has 3 rings (SSSR count). The van der Waals surface area contributed by atoms with Crippen molar-refractivity contribution in [1.29, 1.82) is 5.26 Å². The number of benzene rings is 2. The van der Waals surface area contributed by atoms with Crippen molar-refractivity contribution in [1.82, 2.24) is 9.21 Å². The highest BCUT2D eigenvalue weighted by Crippen LogP contribution is 2.25. The maximum absolute atomic E-state index is 13.2. The summed E-state index contributed by atoms with van der Waals surface area (Å²) in [7, 11) is -1.95. The number of methoxy groups -OCH3 is 1. The first-order valence-electron chi connectivity index (χ1n) is 10.4. The number of ether oxygens (including phenoxy) is 2. The number of aryl methyl sites for hydroxylation is 1. The van der Waals surface area contributed by atoms with Crippen LogP contribution in [0.5, 0.6) is 5.75 Å². The predicted molar refractivity (Wildman–Crippen MR) is 118 cm³/mol. The molecule has 0 aliphatic carbocycles. The SMILES string of the molecule is COCCOc1ccc(S(=O)(=O)N2CCCN(Cc3ccc(C#N)cc3)CC2)cc1C. The molecule has 1 aliphatic heterocycles. The van der Waals surface area contributed by atoms with Crippen molar-refractivity contribution in [2.75, 3.05) is 46.5 Å². The molecule has 1 fully saturated rings. The van der Waals surface area contributed by atoms with Crippen molar-refractivity contribution in [3.05, 3.63) is 59.2 Å². The molecule has 1 aliphatic rings. The summed E-state index contributed by atoms with van der Waals surface area (Å²) >= 11 is 0. The Morgan fingerprint density at radius 2 is 1.81 bits per heavy atom. The normalized spacial score (nSPS) is 15.9. The van der Waals surface area contributed by atoms with E-state index < -0.39 is 10.0 Å². The fourth-order valence-electron chi connectivity index (χ4n) is 3.62. The first kappa shape index (κ1) is 23.2. The van der Waals surface area contributed by atoms with Crippen LogP contribution in [0, 0.1) is 18.3 Å². The van der Waals surface area contributed by atoms with Gasteiger partial charge in [0.05, 0.1) is 23.1 Å². The number of sulfonamides is 1. The van der Waals surface area contributed by atoms with Crippen molar-refractivity contribution < 1.29 is 17.9 Å². The summed E-state index contributed by atoms with van der Waals surface area (Å²) in [6.45, 7) is 5.93. The van der Waals surface area contributed by atoms with Gasteiger partial charge < -0.3 is 9.47 Å². The van der Waals surface area contributed by atoms with E-state index in [0.29, 0.717) is 49.1 Å². The zero-order valence-electron chi connectivity index (χ0n) is 18.1. The minimum atomic E-state index is -3.56. The van der Waals surface area contributed by atoms with Crippen molar-refractivity contribution in [3.63, 3.8) is 0 Å². The van der Waals surface area contributed by atoms with Crippen LogP contribution >= 0.6 is 0 Å². The molecule has 2 aromatic carbocycles. The summed E-state index contributed by atoms with van der Waals surface area (Å²) < 4.78 is 38.6. The molecule has 2 aromatic rings. The molecular weight excluding hydrogens is 414 g/mol. The molecule has 0 N–H and O–H groups in total. The van der Waals surface area contributed by atoms with Gasteiger partial charge in [-0.15, -0.1) is 0 Å². The number of nitrogens with zero attached hydrogens (tertiary/aromatic N) is 3. The molecule has 166 valence electrons. The lowest BCUT2D eigenvalue weighted by molar-refractivity contribution is 0.146. The van der Waals surface area contributed by atoms with Gasteiger partial charge in [0.1, 0.15) is 12.4 Å². The van der Waals surface area contributed by atoms with E-state index in [2.05, 4.69) is 11.0 Å². The summed E-state index contributed by atoms with van der Waals surface area (Å²) in [5.74, 6) is 0.667. The Labute approximate surface area is 184 Å². The van der Waals surface area contributed by atoms with Crippen LogP contribution in [0.3, 0.4) is 0 Å². The molecule has 0 unspecified atom stereocenters. The first-order valence-corrected chi connectivity index (χ1v) is 11.8. The molecule has 0 amide bonds. The van der Waals surface area contributed by atoms with Crippen LogP contribution in [-0.4, -0.2) is 64.1 Å². The van der Waals surface area contributed by atoms with Gasteiger partial charge in [-0.25, -0.2) is 8.42 Å². The molecule has 1 saturated heterocycles. The summed E-state index contributed by atoms with van der Waals surface area (Å²) in [4.78, 5) is 2.55. The Hall–Kier alpha value is -2.44. The lowest BCUT2D eigenvalue weighted by Gasteiger charge is -2.22. The largest absolute Gasteiger partial charge is 0.491 e. The average molecular weight is 444 g/mol. The van der Waals surface area contributed by atoms with Gasteiger partial charge in [-0.1, -0.05) is 12.1 Å². The molecule has 0 spiro atoms. The molecule has 7 nitrogen and oxygen atoms in total. The number of nitriles is 1. The highest BCUT2D eigenvalue weighted by Gasteiger charge is 2.27. The zero-order chi connectivity index (χ0) is 22.3. The zero-order valence-corrected chi connectivity index (χ0v) is 18.9. The summed E-state index contributed by atoms with van der Waals surface area (Å²) in [5, 5.41) is 8.93. The summed E-state index contributed by atoms with van der Waals surface area (Å²) in [6, 6.07) is 14.7. The van der Waals surface area contributed by atoms with Gasteiger partial charge in [-0.05, 0) is 61.3 Å². The van der Waals surface area contributed by atoms with E-state index >= 15 is 0 Å². The minimum absolute atomic E-state index is 0.296. The van der Waals surface area contributed by atoms with Gasteiger partial charge in [-0.2, -0.15) is 9.57 Å². The highest BCUT2D eigenvalue weighted by molar-refractivity contribution is 7.89. The molecular formula is C23H29N3O4S. The number of rotatable bonds is 8. The molecule has 0 atom stereocenters. The highest BCUT2D eigenvalue weighted by atomic mass is 32.2. The smallest absolute Gasteiger partial charge is 0.243 e. The van der Waals surface area contributed by atoms with Gasteiger partial charge in [0.15, 0.2) is 0 Å². The second kappa shape index (κ2) is 10.7. The fourth-order valence-corrected chi connectivity index (χ4v) is 5.17. The Kier molecular flexibility index (Phi) is 8.04. The summed E-state index contributed by atoms with van der Waals surface area (Å²) in [6.07, 6.45) is 0.771. The lowest BCUT2D eigenvalue weighted by Crippen LogP contribution is -2.35. The molecule has 8 heteroatoms. The van der Waals surface area contributed by atoms with E-state index in [1.54, 1.807) is 29.6 Å². The van der Waals surface area contributed by atoms with Gasteiger partial charge in [0.2, 0.25) is 10.0 Å². The van der Waals surface area contributed by atoms with E-state index in [1.807, 2.05) is 31.2 Å². The van der Waals surface area contributed by atoms with Crippen LogP contribution in [0.15, 0.2) is 47.4 Å². The maximum atomic E-state index is 13.2. The van der Waals surface area contributed by atoms with Crippen molar-refractivity contribution in [2.24, 2.45) is 0 Å². The fraction of sp³-hybridized carbons (Fsp3) is 0.435. The Morgan fingerprint density at radius 3 is 2.48 bits per heavy atom. The van der Waals surface area contributed by atoms with E-state index in [-0.39, 0.29) is 0 Å². The first-order chi connectivity index (χ1) is 14.9. The third kappa shape index (κ3) is 6.05. The third-order valence-corrected chi connectivity index (χ3v) is 7.26. The second-order valence-corrected chi connectivity index (χ2v) is 9.55. The van der Waals surface area contributed by atoms with Gasteiger partial charge in [0, 0.05) is 33.3 Å². The molecule has 0 radical (unpaired) electrons. The van der Waals surface area contributed by atoms with Crippen LogP contribution in [0.25, 0.3) is 0 Å². The summed E-state index contributed by atoms with van der Waals surface area (Å²) in [5.41, 5.74) is 2.55. The standard InChI is InChI=1S/C23H29N3O4S/c1-19-16-22(8-9-23(19)30-15-14-29-2)31(27,28)26-11-3-10-25(12-13-26)18-21-6-4-20(17-24)5-7-21/h4-9,16H,3,10-15,18H2,1-2H3. The van der Waals surface area contributed by atoms with Crippen LogP contribution in [0.2, 0.25) is 0 Å². The van der Waals surface area contributed by atoms with Gasteiger partial charge >= 0.3 is 0 Å². The van der Waals surface area contributed by atoms with Crippen LogP contribution < -0.4 is 4.74 Å². The molecule has 0 bridgehead atoms. The van der Waals surface area contributed by atoms with Gasteiger partial charge in [-0.3, -0.25) is 4.90 Å². The molecule has 1 heterocycles. The Morgan fingerprint density at radius 1 is 1.03 bits per heavy atom. The lowest BCUT2D eigenvalue weighted by atomic mass is 10.1. The van der Waals surface area contributed by atoms with Gasteiger partial charge in [0.25, 0.3) is 0 Å². The maximum Gasteiger partial charge on any atom is 0.243 e. The Bertz CT molecular complexity index is 1020. The number of hydrogen-bond donors (Lipinski definition) is 0. The van der Waals surface area contributed by atoms with E-state index in [4.69, 9.17) is 14.7 Å². The second-order valence-electron chi connectivity index (χ2n) is 7.61. The van der Waals surface area contributed by atoms with Crippen molar-refractivity contribution in [3.8, 4) is 11.8 Å². The monoisotopic (exact) mass is 443 g/mol. The van der Waals surface area contributed by atoms with Crippen LogP contribution in [0.1, 0.15) is 23.1 Å². The minimum Gasteiger partial charge on any atom is -0.491 e. The third-order valence-electron chi connectivity index (χ3n) is 5.37. The quantitative estimate of drug-likeness (QED) is 0.584. The molecule has 31 heavy (non-hydrogen) atoms. The Balaban J connectivity index is 1.64. The van der Waals surface area contributed by atoms with Crippen molar-refractivity contribution >= 4 is 10.0 Å². The van der Waals surface area contributed by atoms with E-state index in [0.717, 1.165) is 30.6 Å².